The summed E-state index contributed by atoms with van der Waals surface area (Å²) >= 11 is 0. The van der Waals surface area contributed by atoms with Crippen LogP contribution in [-0.4, -0.2) is 25.6 Å². The normalized spacial score (nSPS) is 14.8. The summed E-state index contributed by atoms with van der Waals surface area (Å²) in [6, 6.07) is 7.12. The topological polar surface area (TPSA) is 55.8 Å². The molecule has 0 fully saturated rings. The van der Waals surface area contributed by atoms with Crippen LogP contribution < -0.4 is 9.64 Å². The van der Waals surface area contributed by atoms with Crippen LogP contribution in [0.15, 0.2) is 35.5 Å². The Bertz CT molecular complexity index is 560. The third-order valence-electron chi connectivity index (χ3n) is 3.20. The molecule has 1 amide bonds. The summed E-state index contributed by atoms with van der Waals surface area (Å²) in [5.41, 5.74) is 1.76. The highest BCUT2D eigenvalue weighted by Crippen LogP contribution is 2.31. The van der Waals surface area contributed by atoms with E-state index in [0.717, 1.165) is 0 Å². The van der Waals surface area contributed by atoms with Crippen molar-refractivity contribution in [2.45, 2.75) is 20.3 Å². The van der Waals surface area contributed by atoms with Crippen LogP contribution in [0.1, 0.15) is 20.3 Å². The molecule has 1 aliphatic heterocycles. The van der Waals surface area contributed by atoms with Crippen LogP contribution in [0.3, 0.4) is 0 Å². The van der Waals surface area contributed by atoms with Crippen LogP contribution in [-0.2, 0) is 14.3 Å². The molecule has 0 saturated heterocycles. The van der Waals surface area contributed by atoms with E-state index in [4.69, 9.17) is 9.47 Å². The lowest BCUT2D eigenvalue weighted by Crippen LogP contribution is -2.23. The summed E-state index contributed by atoms with van der Waals surface area (Å²) in [6.07, 6.45) is 0.0801. The Balaban J connectivity index is 2.30. The van der Waals surface area contributed by atoms with Gasteiger partial charge in [0.05, 0.1) is 25.7 Å². The first-order valence-electron chi connectivity index (χ1n) is 6.42. The van der Waals surface area contributed by atoms with Gasteiger partial charge in [-0.15, -0.1) is 0 Å². The second-order valence-corrected chi connectivity index (χ2v) is 4.39. The predicted octanol–water partition coefficient (Wildman–Crippen LogP) is 2.27. The lowest BCUT2D eigenvalue weighted by atomic mass is 10.2. The van der Waals surface area contributed by atoms with Crippen LogP contribution in [0.25, 0.3) is 0 Å². The molecule has 5 nitrogen and oxygen atoms in total. The molecular formula is C15H17NO4. The zero-order valence-corrected chi connectivity index (χ0v) is 11.8. The van der Waals surface area contributed by atoms with Gasteiger partial charge in [-0.1, -0.05) is 0 Å². The number of ether oxygens (including phenoxy) is 2. The van der Waals surface area contributed by atoms with Gasteiger partial charge in [0.1, 0.15) is 5.75 Å². The highest BCUT2D eigenvalue weighted by atomic mass is 16.5. The van der Waals surface area contributed by atoms with E-state index in [1.165, 1.54) is 4.90 Å². The molecule has 0 unspecified atom stereocenters. The predicted molar refractivity (Wildman–Crippen MR) is 74.4 cm³/mol. The lowest BCUT2D eigenvalue weighted by Gasteiger charge is -2.18. The van der Waals surface area contributed by atoms with E-state index < -0.39 is 5.97 Å². The van der Waals surface area contributed by atoms with E-state index in [0.29, 0.717) is 29.3 Å². The SMILES string of the molecule is CCOC(=O)C1=C(C)N(c2ccc(OC)cc2)C(=O)C1. The molecule has 5 heteroatoms. The minimum atomic E-state index is -0.422. The zero-order chi connectivity index (χ0) is 14.7. The van der Waals surface area contributed by atoms with Crippen molar-refractivity contribution in [3.05, 3.63) is 35.5 Å². The van der Waals surface area contributed by atoms with Crippen LogP contribution in [0.4, 0.5) is 5.69 Å². The fraction of sp³-hybridized carbons (Fsp3) is 0.333. The summed E-state index contributed by atoms with van der Waals surface area (Å²) < 4.78 is 10.1. The van der Waals surface area contributed by atoms with Gasteiger partial charge in [-0.2, -0.15) is 0 Å². The number of nitrogens with zero attached hydrogens (tertiary/aromatic N) is 1. The van der Waals surface area contributed by atoms with E-state index in [1.54, 1.807) is 45.2 Å². The summed E-state index contributed by atoms with van der Waals surface area (Å²) in [6.45, 7) is 3.79. The third kappa shape index (κ3) is 2.52. The smallest absolute Gasteiger partial charge is 0.336 e. The molecule has 0 aliphatic carbocycles. The van der Waals surface area contributed by atoms with Gasteiger partial charge in [-0.3, -0.25) is 9.69 Å². The first-order chi connectivity index (χ1) is 9.58. The number of benzene rings is 1. The van der Waals surface area contributed by atoms with E-state index in [-0.39, 0.29) is 12.3 Å². The minimum Gasteiger partial charge on any atom is -0.497 e. The second kappa shape index (κ2) is 5.77. The summed E-state index contributed by atoms with van der Waals surface area (Å²) in [4.78, 5) is 25.4. The number of rotatable bonds is 4. The van der Waals surface area contributed by atoms with Gasteiger partial charge in [-0.05, 0) is 38.1 Å². The molecule has 0 aromatic heterocycles. The number of hydrogen-bond acceptors (Lipinski definition) is 4. The van der Waals surface area contributed by atoms with Gasteiger partial charge in [0.15, 0.2) is 0 Å². The molecule has 0 N–H and O–H groups in total. The summed E-state index contributed by atoms with van der Waals surface area (Å²) in [7, 11) is 1.58. The molecule has 1 aliphatic rings. The fourth-order valence-electron chi connectivity index (χ4n) is 2.19. The maximum absolute atomic E-state index is 12.1. The Labute approximate surface area is 117 Å². The number of esters is 1. The molecular weight excluding hydrogens is 258 g/mol. The van der Waals surface area contributed by atoms with Crippen molar-refractivity contribution < 1.29 is 19.1 Å². The number of hydrogen-bond donors (Lipinski definition) is 0. The number of methoxy groups -OCH3 is 1. The van der Waals surface area contributed by atoms with Crippen molar-refractivity contribution in [1.82, 2.24) is 0 Å². The molecule has 0 bridgehead atoms. The van der Waals surface area contributed by atoms with E-state index in [9.17, 15) is 9.59 Å². The maximum atomic E-state index is 12.1. The third-order valence-corrected chi connectivity index (χ3v) is 3.20. The number of carbonyl (C=O) groups excluding carboxylic acids is 2. The van der Waals surface area contributed by atoms with Gasteiger partial charge < -0.3 is 9.47 Å². The average Bonchev–Trinajstić information content (AvgIpc) is 2.75. The number of carbonyl (C=O) groups is 2. The molecule has 20 heavy (non-hydrogen) atoms. The monoisotopic (exact) mass is 275 g/mol. The molecule has 0 atom stereocenters. The van der Waals surface area contributed by atoms with Crippen LogP contribution >= 0.6 is 0 Å². The van der Waals surface area contributed by atoms with E-state index in [1.807, 2.05) is 0 Å². The van der Waals surface area contributed by atoms with Crippen molar-refractivity contribution >= 4 is 17.6 Å². The second-order valence-electron chi connectivity index (χ2n) is 4.39. The van der Waals surface area contributed by atoms with Gasteiger partial charge >= 0.3 is 5.97 Å². The van der Waals surface area contributed by atoms with Crippen LogP contribution in [0.2, 0.25) is 0 Å². The fourth-order valence-corrected chi connectivity index (χ4v) is 2.19. The summed E-state index contributed by atoms with van der Waals surface area (Å²) in [5.74, 6) is 0.165. The minimum absolute atomic E-state index is 0.0801. The molecule has 0 radical (unpaired) electrons. The van der Waals surface area contributed by atoms with Gasteiger partial charge in [-0.25, -0.2) is 4.79 Å². The van der Waals surface area contributed by atoms with Crippen molar-refractivity contribution in [2.24, 2.45) is 0 Å². The molecule has 2 rings (SSSR count). The standard InChI is InChI=1S/C15H17NO4/c1-4-20-15(18)13-9-14(17)16(10(13)2)11-5-7-12(19-3)8-6-11/h5-8H,4,9H2,1-3H3. The van der Waals surface area contributed by atoms with Crippen LogP contribution in [0.5, 0.6) is 5.75 Å². The van der Waals surface area contributed by atoms with Gasteiger partial charge in [0.2, 0.25) is 5.91 Å². The van der Waals surface area contributed by atoms with Gasteiger partial charge in [0, 0.05) is 11.4 Å². The first kappa shape index (κ1) is 14.1. The quantitative estimate of drug-likeness (QED) is 0.791. The molecule has 1 aromatic carbocycles. The number of amides is 1. The highest BCUT2D eigenvalue weighted by Gasteiger charge is 2.32. The Hall–Kier alpha value is -2.30. The van der Waals surface area contributed by atoms with E-state index in [2.05, 4.69) is 0 Å². The van der Waals surface area contributed by atoms with E-state index >= 15 is 0 Å². The first-order valence-corrected chi connectivity index (χ1v) is 6.42. The maximum Gasteiger partial charge on any atom is 0.336 e. The molecule has 106 valence electrons. The molecule has 1 heterocycles. The number of anilines is 1. The lowest BCUT2D eigenvalue weighted by molar-refractivity contribution is -0.139. The van der Waals surface area contributed by atoms with Crippen molar-refractivity contribution in [1.29, 1.82) is 0 Å². The highest BCUT2D eigenvalue weighted by molar-refractivity contribution is 6.09. The molecule has 0 saturated carbocycles. The van der Waals surface area contributed by atoms with Crippen molar-refractivity contribution in [3.8, 4) is 5.75 Å². The molecule has 0 spiro atoms. The largest absolute Gasteiger partial charge is 0.497 e. The summed E-state index contributed by atoms with van der Waals surface area (Å²) in [5, 5.41) is 0. The molecule has 1 aromatic rings. The Morgan fingerprint density at radius 2 is 1.95 bits per heavy atom. The average molecular weight is 275 g/mol. The van der Waals surface area contributed by atoms with Gasteiger partial charge in [0.25, 0.3) is 0 Å². The van der Waals surface area contributed by atoms with Crippen molar-refractivity contribution in [2.75, 3.05) is 18.6 Å². The Morgan fingerprint density at radius 3 is 2.50 bits per heavy atom. The van der Waals surface area contributed by atoms with Crippen molar-refractivity contribution in [3.63, 3.8) is 0 Å². The number of allylic oxidation sites excluding steroid dienone is 1. The Morgan fingerprint density at radius 1 is 1.30 bits per heavy atom. The van der Waals surface area contributed by atoms with Crippen LogP contribution in [0, 0.1) is 0 Å². The Kier molecular flexibility index (Phi) is 4.08. The zero-order valence-electron chi connectivity index (χ0n) is 11.8.